The minimum Gasteiger partial charge on any atom is -0.493 e. The predicted molar refractivity (Wildman–Crippen MR) is 69.2 cm³/mol. The van der Waals surface area contributed by atoms with E-state index >= 15 is 0 Å². The standard InChI is InChI=1S/C12H12ClNO2S/c1-8-3-4-10(11(5-8)15-2)16-6-9-7-17-12(13)14-9/h3-5,7H,6H2,1-2H3. The molecule has 17 heavy (non-hydrogen) atoms. The van der Waals surface area contributed by atoms with Crippen molar-refractivity contribution in [2.45, 2.75) is 13.5 Å². The van der Waals surface area contributed by atoms with Crippen molar-refractivity contribution >= 4 is 22.9 Å². The smallest absolute Gasteiger partial charge is 0.183 e. The zero-order valence-electron chi connectivity index (χ0n) is 9.57. The lowest BCUT2D eigenvalue weighted by atomic mass is 10.2. The van der Waals surface area contributed by atoms with Gasteiger partial charge in [0.25, 0.3) is 0 Å². The second-order valence-electron chi connectivity index (χ2n) is 3.53. The Morgan fingerprint density at radius 1 is 1.35 bits per heavy atom. The van der Waals surface area contributed by atoms with Crippen molar-refractivity contribution in [3.8, 4) is 11.5 Å². The molecule has 0 spiro atoms. The maximum absolute atomic E-state index is 5.75. The first-order chi connectivity index (χ1) is 8.19. The molecule has 2 rings (SSSR count). The van der Waals surface area contributed by atoms with Crippen LogP contribution in [0.4, 0.5) is 0 Å². The van der Waals surface area contributed by atoms with Crippen LogP contribution >= 0.6 is 22.9 Å². The van der Waals surface area contributed by atoms with Gasteiger partial charge in [0.1, 0.15) is 6.61 Å². The minimum atomic E-state index is 0.392. The number of aryl methyl sites for hydroxylation is 1. The van der Waals surface area contributed by atoms with Gasteiger partial charge in [-0.15, -0.1) is 11.3 Å². The second-order valence-corrected chi connectivity index (χ2v) is 4.98. The van der Waals surface area contributed by atoms with E-state index in [9.17, 15) is 0 Å². The van der Waals surface area contributed by atoms with Gasteiger partial charge < -0.3 is 9.47 Å². The van der Waals surface area contributed by atoms with E-state index in [2.05, 4.69) is 4.98 Å². The summed E-state index contributed by atoms with van der Waals surface area (Å²) in [6.07, 6.45) is 0. The third-order valence-electron chi connectivity index (χ3n) is 2.22. The van der Waals surface area contributed by atoms with Gasteiger partial charge in [-0.05, 0) is 24.6 Å². The number of ether oxygens (including phenoxy) is 2. The summed E-state index contributed by atoms with van der Waals surface area (Å²) in [6, 6.07) is 5.80. The van der Waals surface area contributed by atoms with Crippen molar-refractivity contribution < 1.29 is 9.47 Å². The fourth-order valence-corrected chi connectivity index (χ4v) is 2.16. The summed E-state index contributed by atoms with van der Waals surface area (Å²) in [6.45, 7) is 2.40. The number of aromatic nitrogens is 1. The summed E-state index contributed by atoms with van der Waals surface area (Å²) < 4.78 is 11.4. The molecule has 0 fully saturated rings. The monoisotopic (exact) mass is 269 g/mol. The highest BCUT2D eigenvalue weighted by Crippen LogP contribution is 2.28. The van der Waals surface area contributed by atoms with Gasteiger partial charge in [0.2, 0.25) is 0 Å². The van der Waals surface area contributed by atoms with Crippen molar-refractivity contribution in [1.29, 1.82) is 0 Å². The quantitative estimate of drug-likeness (QED) is 0.848. The van der Waals surface area contributed by atoms with E-state index in [0.717, 1.165) is 17.0 Å². The van der Waals surface area contributed by atoms with Crippen molar-refractivity contribution in [1.82, 2.24) is 4.98 Å². The molecular weight excluding hydrogens is 258 g/mol. The molecule has 0 bridgehead atoms. The van der Waals surface area contributed by atoms with Crippen LogP contribution < -0.4 is 9.47 Å². The Kier molecular flexibility index (Phi) is 3.86. The lowest BCUT2D eigenvalue weighted by Gasteiger charge is -2.10. The van der Waals surface area contributed by atoms with E-state index in [1.807, 2.05) is 30.5 Å². The minimum absolute atomic E-state index is 0.392. The van der Waals surface area contributed by atoms with E-state index in [0.29, 0.717) is 16.8 Å². The maximum atomic E-state index is 5.75. The zero-order chi connectivity index (χ0) is 12.3. The Hall–Kier alpha value is -1.26. The third kappa shape index (κ3) is 3.11. The highest BCUT2D eigenvalue weighted by molar-refractivity contribution is 7.13. The van der Waals surface area contributed by atoms with E-state index < -0.39 is 0 Å². The highest BCUT2D eigenvalue weighted by Gasteiger charge is 2.06. The van der Waals surface area contributed by atoms with Crippen molar-refractivity contribution in [2.75, 3.05) is 7.11 Å². The van der Waals surface area contributed by atoms with E-state index in [1.165, 1.54) is 11.3 Å². The van der Waals surface area contributed by atoms with Crippen LogP contribution in [0.1, 0.15) is 11.3 Å². The molecule has 0 atom stereocenters. The Labute approximate surface area is 109 Å². The average molecular weight is 270 g/mol. The van der Waals surface area contributed by atoms with Crippen LogP contribution in [0.15, 0.2) is 23.6 Å². The van der Waals surface area contributed by atoms with Crippen LogP contribution in [0.5, 0.6) is 11.5 Å². The van der Waals surface area contributed by atoms with Gasteiger partial charge in [0.15, 0.2) is 16.0 Å². The van der Waals surface area contributed by atoms with E-state index in [4.69, 9.17) is 21.1 Å². The van der Waals surface area contributed by atoms with Crippen molar-refractivity contribution in [3.05, 3.63) is 39.3 Å². The van der Waals surface area contributed by atoms with Gasteiger partial charge >= 0.3 is 0 Å². The van der Waals surface area contributed by atoms with E-state index in [-0.39, 0.29) is 0 Å². The SMILES string of the molecule is COc1cc(C)ccc1OCc1csc(Cl)n1. The van der Waals surface area contributed by atoms with Crippen LogP contribution in [0.2, 0.25) is 4.47 Å². The van der Waals surface area contributed by atoms with Crippen LogP contribution in [-0.2, 0) is 6.61 Å². The molecule has 0 aliphatic carbocycles. The molecule has 1 aromatic heterocycles. The Morgan fingerprint density at radius 2 is 2.18 bits per heavy atom. The summed E-state index contributed by atoms with van der Waals surface area (Å²) in [7, 11) is 1.63. The summed E-state index contributed by atoms with van der Waals surface area (Å²) in [4.78, 5) is 4.12. The number of hydrogen-bond donors (Lipinski definition) is 0. The predicted octanol–water partition coefficient (Wildman–Crippen LogP) is 3.69. The topological polar surface area (TPSA) is 31.4 Å². The van der Waals surface area contributed by atoms with Crippen molar-refractivity contribution in [2.24, 2.45) is 0 Å². The first-order valence-electron chi connectivity index (χ1n) is 5.06. The highest BCUT2D eigenvalue weighted by atomic mass is 35.5. The molecule has 0 amide bonds. The van der Waals surface area contributed by atoms with Gasteiger partial charge in [-0.3, -0.25) is 0 Å². The van der Waals surface area contributed by atoms with Crippen molar-refractivity contribution in [3.63, 3.8) is 0 Å². The summed E-state index contributed by atoms with van der Waals surface area (Å²) in [5, 5.41) is 1.88. The second kappa shape index (κ2) is 5.38. The molecule has 0 saturated heterocycles. The largest absolute Gasteiger partial charge is 0.493 e. The number of benzene rings is 1. The molecule has 0 radical (unpaired) electrons. The van der Waals surface area contributed by atoms with Crippen LogP contribution in [0, 0.1) is 6.92 Å². The molecule has 0 aliphatic rings. The fourth-order valence-electron chi connectivity index (χ4n) is 1.39. The zero-order valence-corrected chi connectivity index (χ0v) is 11.1. The molecule has 3 nitrogen and oxygen atoms in total. The summed E-state index contributed by atoms with van der Waals surface area (Å²) >= 11 is 7.14. The number of thiazole rings is 1. The van der Waals surface area contributed by atoms with E-state index in [1.54, 1.807) is 7.11 Å². The summed E-state index contributed by atoms with van der Waals surface area (Å²) in [5.74, 6) is 1.44. The molecule has 2 aromatic rings. The van der Waals surface area contributed by atoms with Crippen LogP contribution in [0.3, 0.4) is 0 Å². The molecule has 5 heteroatoms. The molecule has 0 aliphatic heterocycles. The van der Waals surface area contributed by atoms with Gasteiger partial charge in [-0.25, -0.2) is 4.98 Å². The number of rotatable bonds is 4. The molecule has 0 N–H and O–H groups in total. The first-order valence-corrected chi connectivity index (χ1v) is 6.32. The van der Waals surface area contributed by atoms with Crippen LogP contribution in [0.25, 0.3) is 0 Å². The number of hydrogen-bond acceptors (Lipinski definition) is 4. The fraction of sp³-hybridized carbons (Fsp3) is 0.250. The van der Waals surface area contributed by atoms with Gasteiger partial charge in [0.05, 0.1) is 12.8 Å². The van der Waals surface area contributed by atoms with Gasteiger partial charge in [0, 0.05) is 5.38 Å². The molecule has 1 aromatic carbocycles. The molecular formula is C12H12ClNO2S. The Balaban J connectivity index is 2.08. The van der Waals surface area contributed by atoms with Gasteiger partial charge in [-0.2, -0.15) is 0 Å². The average Bonchev–Trinajstić information content (AvgIpc) is 2.73. The Bertz CT molecular complexity index is 513. The molecule has 1 heterocycles. The molecule has 0 saturated carbocycles. The maximum Gasteiger partial charge on any atom is 0.183 e. The van der Waals surface area contributed by atoms with Crippen LogP contribution in [-0.4, -0.2) is 12.1 Å². The number of methoxy groups -OCH3 is 1. The lowest BCUT2D eigenvalue weighted by molar-refractivity contribution is 0.281. The molecule has 0 unspecified atom stereocenters. The first kappa shape index (κ1) is 12.2. The summed E-state index contributed by atoms with van der Waals surface area (Å²) in [5.41, 5.74) is 1.95. The number of nitrogens with zero attached hydrogens (tertiary/aromatic N) is 1. The Morgan fingerprint density at radius 3 is 2.82 bits per heavy atom. The van der Waals surface area contributed by atoms with Gasteiger partial charge in [-0.1, -0.05) is 17.7 Å². The lowest BCUT2D eigenvalue weighted by Crippen LogP contribution is -1.98. The molecule has 90 valence electrons. The number of halogens is 1. The third-order valence-corrected chi connectivity index (χ3v) is 3.25. The normalized spacial score (nSPS) is 10.3.